The molecular weight excluding hydrogens is 485 g/mol. The molecule has 6 nitrogen and oxygen atoms in total. The Kier molecular flexibility index (Phi) is 6.83. The van der Waals surface area contributed by atoms with Crippen LogP contribution in [-0.2, 0) is 11.3 Å². The second-order valence-corrected chi connectivity index (χ2v) is 7.78. The molecule has 0 fully saturated rings. The van der Waals surface area contributed by atoms with E-state index < -0.39 is 29.0 Å². The van der Waals surface area contributed by atoms with Crippen molar-refractivity contribution in [3.8, 4) is 17.1 Å². The van der Waals surface area contributed by atoms with Crippen LogP contribution in [0.3, 0.4) is 0 Å². The summed E-state index contributed by atoms with van der Waals surface area (Å²) in [5, 5.41) is 20.8. The van der Waals surface area contributed by atoms with Crippen LogP contribution in [0, 0.1) is 17.5 Å². The number of hydrogen-bond acceptors (Lipinski definition) is 5. The molecule has 3 aromatic rings. The monoisotopic (exact) mass is 498 g/mol. The molecular formula is C19H14BrF3N4O2S. The summed E-state index contributed by atoms with van der Waals surface area (Å²) in [6, 6.07) is 6.50. The lowest BCUT2D eigenvalue weighted by molar-refractivity contribution is -0.113. The van der Waals surface area contributed by atoms with E-state index in [2.05, 4.69) is 38.0 Å². The minimum absolute atomic E-state index is 0.000910. The van der Waals surface area contributed by atoms with Gasteiger partial charge in [-0.3, -0.25) is 9.36 Å². The predicted octanol–water partition coefficient (Wildman–Crippen LogP) is 4.75. The maximum Gasteiger partial charge on any atom is 0.234 e. The van der Waals surface area contributed by atoms with Crippen LogP contribution in [0.4, 0.5) is 18.9 Å². The maximum atomic E-state index is 13.7. The first-order valence-electron chi connectivity index (χ1n) is 8.41. The zero-order valence-electron chi connectivity index (χ0n) is 15.2. The number of benzene rings is 2. The number of halogens is 4. The third-order valence-corrected chi connectivity index (χ3v) is 5.33. The molecule has 0 radical (unpaired) electrons. The fourth-order valence-electron chi connectivity index (χ4n) is 2.51. The van der Waals surface area contributed by atoms with Gasteiger partial charge >= 0.3 is 0 Å². The van der Waals surface area contributed by atoms with Gasteiger partial charge in [-0.05, 0) is 30.3 Å². The molecule has 3 rings (SSSR count). The van der Waals surface area contributed by atoms with E-state index in [-0.39, 0.29) is 11.5 Å². The lowest BCUT2D eigenvalue weighted by atomic mass is 10.2. The minimum Gasteiger partial charge on any atom is -0.507 e. The SMILES string of the molecule is C=CCn1c(SCC(=O)Nc2ccc(F)c(F)c2F)nnc1-c1cc(Br)ccc1O. The zero-order chi connectivity index (χ0) is 21.8. The Balaban J connectivity index is 1.78. The van der Waals surface area contributed by atoms with E-state index in [4.69, 9.17) is 0 Å². The number of thioether (sulfide) groups is 1. The van der Waals surface area contributed by atoms with Gasteiger partial charge in [-0.2, -0.15) is 0 Å². The molecule has 0 bridgehead atoms. The third-order valence-electron chi connectivity index (χ3n) is 3.87. The van der Waals surface area contributed by atoms with Gasteiger partial charge in [0.25, 0.3) is 0 Å². The highest BCUT2D eigenvalue weighted by Gasteiger charge is 2.19. The van der Waals surface area contributed by atoms with Crippen molar-refractivity contribution < 1.29 is 23.1 Å². The van der Waals surface area contributed by atoms with Crippen LogP contribution < -0.4 is 5.32 Å². The second kappa shape index (κ2) is 9.35. The van der Waals surface area contributed by atoms with Gasteiger partial charge in [0.1, 0.15) is 5.75 Å². The molecule has 1 heterocycles. The third kappa shape index (κ3) is 4.68. The number of carbonyl (C=O) groups is 1. The Morgan fingerprint density at radius 1 is 1.23 bits per heavy atom. The highest BCUT2D eigenvalue weighted by molar-refractivity contribution is 9.10. The number of phenols is 1. The number of phenolic OH excluding ortho intramolecular Hbond substituents is 1. The Hall–Kier alpha value is -2.79. The van der Waals surface area contributed by atoms with Crippen LogP contribution in [0.1, 0.15) is 0 Å². The second-order valence-electron chi connectivity index (χ2n) is 5.93. The summed E-state index contributed by atoms with van der Waals surface area (Å²) in [5.41, 5.74) is -0.0364. The lowest BCUT2D eigenvalue weighted by Gasteiger charge is -2.10. The van der Waals surface area contributed by atoms with E-state index in [1.165, 1.54) is 6.07 Å². The summed E-state index contributed by atoms with van der Waals surface area (Å²) in [4.78, 5) is 12.1. The molecule has 0 aliphatic carbocycles. The molecule has 0 aliphatic heterocycles. The van der Waals surface area contributed by atoms with Gasteiger partial charge in [-0.25, -0.2) is 13.2 Å². The van der Waals surface area contributed by atoms with Gasteiger partial charge < -0.3 is 10.4 Å². The van der Waals surface area contributed by atoms with E-state index in [0.29, 0.717) is 23.1 Å². The number of aromatic nitrogens is 3. The summed E-state index contributed by atoms with van der Waals surface area (Å²) in [6.07, 6.45) is 1.60. The average Bonchev–Trinajstić information content (AvgIpc) is 3.11. The van der Waals surface area contributed by atoms with Gasteiger partial charge in [-0.15, -0.1) is 16.8 Å². The van der Waals surface area contributed by atoms with E-state index in [0.717, 1.165) is 28.4 Å². The molecule has 0 spiro atoms. The highest BCUT2D eigenvalue weighted by Crippen LogP contribution is 2.32. The first-order valence-corrected chi connectivity index (χ1v) is 10.2. The number of aromatic hydroxyl groups is 1. The molecule has 0 saturated carbocycles. The summed E-state index contributed by atoms with van der Waals surface area (Å²) in [7, 11) is 0. The van der Waals surface area contributed by atoms with Crippen molar-refractivity contribution in [1.82, 2.24) is 14.8 Å². The fraction of sp³-hybridized carbons (Fsp3) is 0.105. The summed E-state index contributed by atoms with van der Waals surface area (Å²) >= 11 is 4.33. The van der Waals surface area contributed by atoms with Gasteiger partial charge in [0.05, 0.1) is 17.0 Å². The highest BCUT2D eigenvalue weighted by atomic mass is 79.9. The van der Waals surface area contributed by atoms with Crippen molar-refractivity contribution in [2.75, 3.05) is 11.1 Å². The van der Waals surface area contributed by atoms with Gasteiger partial charge in [0.15, 0.2) is 28.4 Å². The van der Waals surface area contributed by atoms with Crippen molar-refractivity contribution in [3.63, 3.8) is 0 Å². The quantitative estimate of drug-likeness (QED) is 0.279. The number of hydrogen-bond donors (Lipinski definition) is 2. The number of allylic oxidation sites excluding steroid dienone is 1. The normalized spacial score (nSPS) is 10.8. The van der Waals surface area contributed by atoms with Gasteiger partial charge in [0.2, 0.25) is 5.91 Å². The molecule has 0 saturated heterocycles. The minimum atomic E-state index is -1.66. The Morgan fingerprint density at radius 3 is 2.73 bits per heavy atom. The van der Waals surface area contributed by atoms with Gasteiger partial charge in [-0.1, -0.05) is 33.8 Å². The van der Waals surface area contributed by atoms with Crippen molar-refractivity contribution >= 4 is 39.3 Å². The Bertz CT molecular complexity index is 1120. The molecule has 0 atom stereocenters. The first-order chi connectivity index (χ1) is 14.3. The predicted molar refractivity (Wildman–Crippen MR) is 111 cm³/mol. The average molecular weight is 499 g/mol. The first kappa shape index (κ1) is 21.9. The van der Waals surface area contributed by atoms with E-state index in [1.54, 1.807) is 22.8 Å². The van der Waals surface area contributed by atoms with Crippen LogP contribution in [-0.4, -0.2) is 31.5 Å². The number of amides is 1. The summed E-state index contributed by atoms with van der Waals surface area (Å²) in [5.74, 6) is -4.97. The van der Waals surface area contributed by atoms with Crippen molar-refractivity contribution in [1.29, 1.82) is 0 Å². The number of carbonyl (C=O) groups excluding carboxylic acids is 1. The molecule has 1 amide bonds. The fourth-order valence-corrected chi connectivity index (χ4v) is 3.62. The molecule has 0 aliphatic rings. The summed E-state index contributed by atoms with van der Waals surface area (Å²) < 4.78 is 42.4. The maximum absolute atomic E-state index is 13.7. The molecule has 1 aromatic heterocycles. The molecule has 11 heteroatoms. The molecule has 30 heavy (non-hydrogen) atoms. The van der Waals surface area contributed by atoms with Crippen LogP contribution in [0.15, 0.2) is 52.6 Å². The smallest absolute Gasteiger partial charge is 0.234 e. The van der Waals surface area contributed by atoms with Crippen LogP contribution >= 0.6 is 27.7 Å². The largest absolute Gasteiger partial charge is 0.507 e. The molecule has 2 aromatic carbocycles. The van der Waals surface area contributed by atoms with E-state index in [1.807, 2.05) is 0 Å². The van der Waals surface area contributed by atoms with E-state index >= 15 is 0 Å². The topological polar surface area (TPSA) is 80.0 Å². The number of anilines is 1. The van der Waals surface area contributed by atoms with Gasteiger partial charge in [0, 0.05) is 11.0 Å². The van der Waals surface area contributed by atoms with Crippen LogP contribution in [0.25, 0.3) is 11.4 Å². The zero-order valence-corrected chi connectivity index (χ0v) is 17.6. The number of rotatable bonds is 7. The lowest BCUT2D eigenvalue weighted by Crippen LogP contribution is -2.16. The number of nitrogens with one attached hydrogen (secondary N) is 1. The van der Waals surface area contributed by atoms with Crippen molar-refractivity contribution in [2.24, 2.45) is 0 Å². The van der Waals surface area contributed by atoms with Crippen LogP contribution in [0.5, 0.6) is 5.75 Å². The standard InChI is InChI=1S/C19H14BrF3N4O2S/c1-2-7-27-18(11-8-10(20)3-6-14(11)28)25-26-19(27)30-9-15(29)24-13-5-4-12(21)16(22)17(13)23/h2-6,8,28H,1,7,9H2,(H,24,29). The van der Waals surface area contributed by atoms with Crippen molar-refractivity contribution in [2.45, 2.75) is 11.7 Å². The molecule has 2 N–H and O–H groups in total. The Morgan fingerprint density at radius 2 is 2.00 bits per heavy atom. The van der Waals surface area contributed by atoms with E-state index in [9.17, 15) is 23.1 Å². The van der Waals surface area contributed by atoms with Crippen LogP contribution in [0.2, 0.25) is 0 Å². The Labute approximate surface area is 182 Å². The van der Waals surface area contributed by atoms with Crippen molar-refractivity contribution in [3.05, 3.63) is 64.9 Å². The summed E-state index contributed by atoms with van der Waals surface area (Å²) in [6.45, 7) is 3.98. The molecule has 0 unspecified atom stereocenters. The molecule has 156 valence electrons. The number of nitrogens with zero attached hydrogens (tertiary/aromatic N) is 3.